The van der Waals surface area contributed by atoms with Crippen molar-refractivity contribution in [2.45, 2.75) is 44.0 Å². The van der Waals surface area contributed by atoms with E-state index in [1.54, 1.807) is 16.4 Å². The summed E-state index contributed by atoms with van der Waals surface area (Å²) in [7, 11) is -3.37. The van der Waals surface area contributed by atoms with E-state index in [0.717, 1.165) is 6.42 Å². The third kappa shape index (κ3) is 3.97. The Hall–Kier alpha value is -0.620. The number of hydrogen-bond acceptors (Lipinski definition) is 3. The van der Waals surface area contributed by atoms with Crippen LogP contribution in [-0.2, 0) is 10.0 Å². The smallest absolute Gasteiger partial charge is 0.243 e. The van der Waals surface area contributed by atoms with Gasteiger partial charge in [-0.1, -0.05) is 26.0 Å². The molecule has 0 aromatic heterocycles. The molecule has 1 aliphatic rings. The van der Waals surface area contributed by atoms with Gasteiger partial charge in [-0.05, 0) is 37.0 Å². The van der Waals surface area contributed by atoms with Crippen molar-refractivity contribution < 1.29 is 8.42 Å². The highest BCUT2D eigenvalue weighted by Crippen LogP contribution is 2.23. The molecule has 2 atom stereocenters. The lowest BCUT2D eigenvalue weighted by molar-refractivity contribution is 0.284. The van der Waals surface area contributed by atoms with Crippen LogP contribution in [0.15, 0.2) is 29.2 Å². The zero-order valence-corrected chi connectivity index (χ0v) is 14.5. The maximum absolute atomic E-state index is 12.6. The molecule has 1 saturated heterocycles. The zero-order chi connectivity index (χ0) is 14.8. The molecular formula is C15H25ClN2O2S. The molecule has 1 aliphatic heterocycles. The van der Waals surface area contributed by atoms with Gasteiger partial charge in [0.05, 0.1) is 4.90 Å². The first-order chi connectivity index (χ1) is 9.46. The summed E-state index contributed by atoms with van der Waals surface area (Å²) < 4.78 is 26.9. The standard InChI is InChI=1S/C15H24N2O2S.ClH/c1-4-12(2)14-5-7-15(8-6-14)20(18,19)17-10-9-16-11-13(17)3;/h5-8,12-13,16H,4,9-11H2,1-3H3;1H/t12?,13-;/m0./s1. The van der Waals surface area contributed by atoms with Crippen molar-refractivity contribution in [3.05, 3.63) is 29.8 Å². The predicted molar refractivity (Wildman–Crippen MR) is 88.6 cm³/mol. The van der Waals surface area contributed by atoms with Crippen LogP contribution in [0.2, 0.25) is 0 Å². The molecule has 1 N–H and O–H groups in total. The molecule has 0 spiro atoms. The van der Waals surface area contributed by atoms with Gasteiger partial charge in [-0.25, -0.2) is 8.42 Å². The third-order valence-electron chi connectivity index (χ3n) is 4.11. The molecule has 2 rings (SSSR count). The molecule has 1 aromatic rings. The van der Waals surface area contributed by atoms with Gasteiger partial charge in [0, 0.05) is 25.7 Å². The van der Waals surface area contributed by atoms with Crippen molar-refractivity contribution in [2.75, 3.05) is 19.6 Å². The summed E-state index contributed by atoms with van der Waals surface area (Å²) in [5, 5.41) is 3.21. The molecule has 0 bridgehead atoms. The van der Waals surface area contributed by atoms with E-state index in [4.69, 9.17) is 0 Å². The Morgan fingerprint density at radius 2 is 1.95 bits per heavy atom. The molecule has 4 nitrogen and oxygen atoms in total. The van der Waals surface area contributed by atoms with E-state index < -0.39 is 10.0 Å². The SMILES string of the molecule is CCC(C)c1ccc(S(=O)(=O)N2CCNC[C@@H]2C)cc1.Cl. The minimum atomic E-state index is -3.37. The van der Waals surface area contributed by atoms with Gasteiger partial charge in [0.2, 0.25) is 10.0 Å². The van der Waals surface area contributed by atoms with Gasteiger partial charge in [-0.3, -0.25) is 0 Å². The van der Waals surface area contributed by atoms with Crippen molar-refractivity contribution in [1.29, 1.82) is 0 Å². The molecule has 0 aliphatic carbocycles. The first kappa shape index (κ1) is 18.4. The zero-order valence-electron chi connectivity index (χ0n) is 12.9. The van der Waals surface area contributed by atoms with Crippen LogP contribution >= 0.6 is 12.4 Å². The number of halogens is 1. The van der Waals surface area contributed by atoms with E-state index in [0.29, 0.717) is 30.4 Å². The number of sulfonamides is 1. The minimum Gasteiger partial charge on any atom is -0.314 e. The Bertz CT molecular complexity index is 545. The third-order valence-corrected chi connectivity index (χ3v) is 6.14. The molecule has 0 radical (unpaired) electrons. The summed E-state index contributed by atoms with van der Waals surface area (Å²) in [6.07, 6.45) is 1.06. The number of nitrogens with zero attached hydrogens (tertiary/aromatic N) is 1. The fourth-order valence-electron chi connectivity index (χ4n) is 2.52. The van der Waals surface area contributed by atoms with Crippen LogP contribution < -0.4 is 5.32 Å². The molecule has 1 unspecified atom stereocenters. The van der Waals surface area contributed by atoms with Crippen LogP contribution in [0.3, 0.4) is 0 Å². The highest BCUT2D eigenvalue weighted by atomic mass is 35.5. The summed E-state index contributed by atoms with van der Waals surface area (Å²) in [5.41, 5.74) is 1.19. The van der Waals surface area contributed by atoms with E-state index in [1.807, 2.05) is 19.1 Å². The maximum atomic E-state index is 12.6. The largest absolute Gasteiger partial charge is 0.314 e. The average molecular weight is 333 g/mol. The quantitative estimate of drug-likeness (QED) is 0.922. The van der Waals surface area contributed by atoms with Gasteiger partial charge in [-0.2, -0.15) is 4.31 Å². The summed E-state index contributed by atoms with van der Waals surface area (Å²) >= 11 is 0. The number of rotatable bonds is 4. The van der Waals surface area contributed by atoms with E-state index in [-0.39, 0.29) is 18.4 Å². The summed E-state index contributed by atoms with van der Waals surface area (Å²) in [6.45, 7) is 8.20. The fraction of sp³-hybridized carbons (Fsp3) is 0.600. The molecule has 6 heteroatoms. The number of piperazine rings is 1. The van der Waals surface area contributed by atoms with E-state index in [1.165, 1.54) is 5.56 Å². The van der Waals surface area contributed by atoms with E-state index in [2.05, 4.69) is 19.2 Å². The highest BCUT2D eigenvalue weighted by Gasteiger charge is 2.30. The second-order valence-electron chi connectivity index (χ2n) is 5.55. The Morgan fingerprint density at radius 3 is 2.48 bits per heavy atom. The van der Waals surface area contributed by atoms with Gasteiger partial charge < -0.3 is 5.32 Å². The monoisotopic (exact) mass is 332 g/mol. The van der Waals surface area contributed by atoms with Crippen LogP contribution in [0.25, 0.3) is 0 Å². The second kappa shape index (κ2) is 7.58. The van der Waals surface area contributed by atoms with Crippen molar-refractivity contribution >= 4 is 22.4 Å². The van der Waals surface area contributed by atoms with Gasteiger partial charge in [0.1, 0.15) is 0 Å². The van der Waals surface area contributed by atoms with Crippen LogP contribution in [0.4, 0.5) is 0 Å². The van der Waals surface area contributed by atoms with Gasteiger partial charge in [0.15, 0.2) is 0 Å². The van der Waals surface area contributed by atoms with Crippen LogP contribution in [-0.4, -0.2) is 38.4 Å². The van der Waals surface area contributed by atoms with Crippen molar-refractivity contribution in [2.24, 2.45) is 0 Å². The highest BCUT2D eigenvalue weighted by molar-refractivity contribution is 7.89. The lowest BCUT2D eigenvalue weighted by Gasteiger charge is -2.32. The Kier molecular flexibility index (Phi) is 6.66. The first-order valence-electron chi connectivity index (χ1n) is 7.29. The van der Waals surface area contributed by atoms with E-state index >= 15 is 0 Å². The fourth-order valence-corrected chi connectivity index (χ4v) is 4.15. The van der Waals surface area contributed by atoms with Gasteiger partial charge in [-0.15, -0.1) is 12.4 Å². The Labute approximate surface area is 134 Å². The van der Waals surface area contributed by atoms with Gasteiger partial charge in [0.25, 0.3) is 0 Å². The maximum Gasteiger partial charge on any atom is 0.243 e. The molecular weight excluding hydrogens is 308 g/mol. The van der Waals surface area contributed by atoms with Crippen molar-refractivity contribution in [1.82, 2.24) is 9.62 Å². The molecule has 120 valence electrons. The van der Waals surface area contributed by atoms with Gasteiger partial charge >= 0.3 is 0 Å². The van der Waals surface area contributed by atoms with Crippen LogP contribution in [0.5, 0.6) is 0 Å². The molecule has 1 fully saturated rings. The number of benzene rings is 1. The summed E-state index contributed by atoms with van der Waals surface area (Å²) in [6, 6.07) is 7.36. The second-order valence-corrected chi connectivity index (χ2v) is 7.44. The normalized spacial score (nSPS) is 21.6. The molecule has 0 saturated carbocycles. The van der Waals surface area contributed by atoms with Crippen LogP contribution in [0, 0.1) is 0 Å². The lowest BCUT2D eigenvalue weighted by atomic mass is 9.99. The molecule has 0 amide bonds. The van der Waals surface area contributed by atoms with Crippen molar-refractivity contribution in [3.63, 3.8) is 0 Å². The van der Waals surface area contributed by atoms with Crippen LogP contribution in [0.1, 0.15) is 38.7 Å². The summed E-state index contributed by atoms with van der Waals surface area (Å²) in [4.78, 5) is 0.401. The Balaban J connectivity index is 0.00000220. The van der Waals surface area contributed by atoms with Crippen molar-refractivity contribution in [3.8, 4) is 0 Å². The topological polar surface area (TPSA) is 49.4 Å². The first-order valence-corrected chi connectivity index (χ1v) is 8.73. The van der Waals surface area contributed by atoms with E-state index in [9.17, 15) is 8.42 Å². The molecule has 1 heterocycles. The Morgan fingerprint density at radius 1 is 1.33 bits per heavy atom. The number of nitrogens with one attached hydrogen (secondary N) is 1. The number of hydrogen-bond donors (Lipinski definition) is 1. The molecule has 1 aromatic carbocycles. The lowest BCUT2D eigenvalue weighted by Crippen LogP contribution is -2.52. The average Bonchev–Trinajstić information content (AvgIpc) is 2.47. The predicted octanol–water partition coefficient (Wildman–Crippen LogP) is 2.60. The molecule has 21 heavy (non-hydrogen) atoms. The summed E-state index contributed by atoms with van der Waals surface area (Å²) in [5.74, 6) is 0.463. The minimum absolute atomic E-state index is 0.